The van der Waals surface area contributed by atoms with Gasteiger partial charge in [-0.1, -0.05) is 6.42 Å². The molecule has 1 aliphatic heterocycles. The Hall–Kier alpha value is -0.260. The molecule has 1 aliphatic carbocycles. The highest BCUT2D eigenvalue weighted by molar-refractivity contribution is 8.00. The Kier molecular flexibility index (Phi) is 4.92. The Morgan fingerprint density at radius 2 is 2.11 bits per heavy atom. The van der Waals surface area contributed by atoms with Crippen LogP contribution in [0.4, 0.5) is 0 Å². The number of ether oxygens (including phenoxy) is 1. The Balaban J connectivity index is 1.76. The van der Waals surface area contributed by atoms with Crippen LogP contribution in [-0.4, -0.2) is 60.7 Å². The highest BCUT2D eigenvalue weighted by atomic mass is 32.2. The molecule has 0 aromatic heterocycles. The van der Waals surface area contributed by atoms with Gasteiger partial charge in [0.15, 0.2) is 0 Å². The minimum absolute atomic E-state index is 0.0762. The zero-order valence-corrected chi connectivity index (χ0v) is 12.2. The number of morpholine rings is 1. The van der Waals surface area contributed by atoms with Crippen molar-refractivity contribution in [2.24, 2.45) is 0 Å². The number of thioether (sulfide) groups is 1. The van der Waals surface area contributed by atoms with Crippen LogP contribution in [0.15, 0.2) is 0 Å². The molecule has 1 heterocycles. The van der Waals surface area contributed by atoms with Gasteiger partial charge in [0.1, 0.15) is 0 Å². The molecule has 1 unspecified atom stereocenters. The average Bonchev–Trinajstić information content (AvgIpc) is 2.38. The van der Waals surface area contributed by atoms with Crippen molar-refractivity contribution in [3.8, 4) is 0 Å². The number of rotatable bonds is 5. The molecule has 2 rings (SSSR count). The molecule has 104 valence electrons. The number of carbonyl (C=O) groups excluding carboxylic acids is 1. The van der Waals surface area contributed by atoms with Crippen molar-refractivity contribution in [1.29, 1.82) is 0 Å². The number of nitrogens with one attached hydrogen (secondary N) is 1. The minimum Gasteiger partial charge on any atom is -0.378 e. The van der Waals surface area contributed by atoms with Gasteiger partial charge in [0.05, 0.1) is 19.3 Å². The molecule has 1 saturated heterocycles. The van der Waals surface area contributed by atoms with Crippen LogP contribution in [0.3, 0.4) is 0 Å². The van der Waals surface area contributed by atoms with E-state index in [1.54, 1.807) is 0 Å². The van der Waals surface area contributed by atoms with Crippen molar-refractivity contribution < 1.29 is 9.53 Å². The fourth-order valence-corrected chi connectivity index (χ4v) is 3.43. The molecule has 18 heavy (non-hydrogen) atoms. The van der Waals surface area contributed by atoms with Crippen LogP contribution in [0, 0.1) is 0 Å². The number of carbonyl (C=O) groups is 1. The summed E-state index contributed by atoms with van der Waals surface area (Å²) in [6.07, 6.45) is 6.06. The Morgan fingerprint density at radius 1 is 1.44 bits per heavy atom. The van der Waals surface area contributed by atoms with Crippen LogP contribution in [0.5, 0.6) is 0 Å². The van der Waals surface area contributed by atoms with Crippen LogP contribution >= 0.6 is 11.8 Å². The quantitative estimate of drug-likeness (QED) is 0.814. The molecule has 0 spiro atoms. The van der Waals surface area contributed by atoms with Crippen molar-refractivity contribution in [2.75, 3.05) is 39.1 Å². The Labute approximate surface area is 114 Å². The van der Waals surface area contributed by atoms with E-state index in [0.717, 1.165) is 19.6 Å². The summed E-state index contributed by atoms with van der Waals surface area (Å²) in [6.45, 7) is 5.74. The summed E-state index contributed by atoms with van der Waals surface area (Å²) in [5.74, 6) is 0.217. The van der Waals surface area contributed by atoms with E-state index in [-0.39, 0.29) is 11.9 Å². The maximum atomic E-state index is 12.2. The number of hydrogen-bond acceptors (Lipinski definition) is 4. The molecule has 2 aliphatic rings. The lowest BCUT2D eigenvalue weighted by Crippen LogP contribution is -2.53. The summed E-state index contributed by atoms with van der Waals surface area (Å²) < 4.78 is 5.66. The number of nitrogens with zero attached hydrogens (tertiary/aromatic N) is 1. The topological polar surface area (TPSA) is 41.6 Å². The Morgan fingerprint density at radius 3 is 2.61 bits per heavy atom. The van der Waals surface area contributed by atoms with E-state index in [1.165, 1.54) is 19.3 Å². The second-order valence-electron chi connectivity index (χ2n) is 5.28. The fraction of sp³-hybridized carbons (Fsp3) is 0.923. The largest absolute Gasteiger partial charge is 0.378 e. The molecule has 1 atom stereocenters. The molecule has 5 heteroatoms. The van der Waals surface area contributed by atoms with E-state index >= 15 is 0 Å². The first-order valence-electron chi connectivity index (χ1n) is 6.82. The zero-order chi connectivity index (χ0) is 13.0. The minimum atomic E-state index is -0.0762. The van der Waals surface area contributed by atoms with E-state index in [0.29, 0.717) is 18.0 Å². The third-order valence-corrected chi connectivity index (χ3v) is 5.54. The molecular weight excluding hydrogens is 248 g/mol. The van der Waals surface area contributed by atoms with Gasteiger partial charge in [-0.15, -0.1) is 0 Å². The molecular formula is C13H24N2O2S. The maximum Gasteiger partial charge on any atom is 0.239 e. The first-order valence-corrected chi connectivity index (χ1v) is 8.04. The maximum absolute atomic E-state index is 12.2. The first kappa shape index (κ1) is 14.2. The molecule has 0 radical (unpaired) electrons. The molecule has 4 nitrogen and oxygen atoms in total. The van der Waals surface area contributed by atoms with Crippen molar-refractivity contribution in [1.82, 2.24) is 10.2 Å². The molecule has 1 saturated carbocycles. The monoisotopic (exact) mass is 272 g/mol. The molecule has 1 N–H and O–H groups in total. The van der Waals surface area contributed by atoms with Gasteiger partial charge in [0.25, 0.3) is 0 Å². The highest BCUT2D eigenvalue weighted by Gasteiger charge is 2.36. The second kappa shape index (κ2) is 6.26. The fourth-order valence-electron chi connectivity index (χ4n) is 2.51. The molecule has 0 aromatic carbocycles. The van der Waals surface area contributed by atoms with Crippen molar-refractivity contribution in [2.45, 2.75) is 37.0 Å². The van der Waals surface area contributed by atoms with Gasteiger partial charge in [-0.3, -0.25) is 4.79 Å². The molecule has 0 aromatic rings. The third-order valence-electron chi connectivity index (χ3n) is 4.12. The molecule has 2 fully saturated rings. The van der Waals surface area contributed by atoms with E-state index in [4.69, 9.17) is 4.74 Å². The third kappa shape index (κ3) is 3.19. The molecule has 1 amide bonds. The highest BCUT2D eigenvalue weighted by Crippen LogP contribution is 2.42. The van der Waals surface area contributed by atoms with Crippen LogP contribution in [-0.2, 0) is 9.53 Å². The number of hydrogen-bond donors (Lipinski definition) is 1. The van der Waals surface area contributed by atoms with Gasteiger partial charge in [0.2, 0.25) is 5.91 Å². The second-order valence-corrected chi connectivity index (χ2v) is 6.56. The summed E-state index contributed by atoms with van der Waals surface area (Å²) in [6, 6.07) is -0.0762. The summed E-state index contributed by atoms with van der Waals surface area (Å²) in [4.78, 5) is 14.1. The lowest BCUT2D eigenvalue weighted by Gasteiger charge is -2.41. The summed E-state index contributed by atoms with van der Waals surface area (Å²) in [5.41, 5.74) is 0. The van der Waals surface area contributed by atoms with Crippen LogP contribution in [0.2, 0.25) is 0 Å². The van der Waals surface area contributed by atoms with Crippen LogP contribution in [0.1, 0.15) is 26.2 Å². The van der Waals surface area contributed by atoms with Gasteiger partial charge in [-0.2, -0.15) is 11.8 Å². The van der Waals surface area contributed by atoms with Crippen molar-refractivity contribution in [3.05, 3.63) is 0 Å². The van der Waals surface area contributed by atoms with E-state index in [1.807, 2.05) is 23.6 Å². The van der Waals surface area contributed by atoms with Crippen LogP contribution in [0.25, 0.3) is 0 Å². The summed E-state index contributed by atoms with van der Waals surface area (Å²) >= 11 is 1.94. The standard InChI is InChI=1S/C13H24N2O2S/c1-11(12(16)15-6-8-17-9-7-15)14-10-13(18-2)4-3-5-13/h11,14H,3-10H2,1-2H3. The van der Waals surface area contributed by atoms with Gasteiger partial charge >= 0.3 is 0 Å². The molecule has 0 bridgehead atoms. The van der Waals surface area contributed by atoms with Crippen LogP contribution < -0.4 is 5.32 Å². The summed E-state index contributed by atoms with van der Waals surface area (Å²) in [5, 5.41) is 3.42. The first-order chi connectivity index (χ1) is 8.67. The van der Waals surface area contributed by atoms with Crippen molar-refractivity contribution in [3.63, 3.8) is 0 Å². The smallest absolute Gasteiger partial charge is 0.239 e. The summed E-state index contributed by atoms with van der Waals surface area (Å²) in [7, 11) is 0. The lowest BCUT2D eigenvalue weighted by atomic mass is 9.84. The predicted octanol–water partition coefficient (Wildman–Crippen LogP) is 1.11. The normalized spacial score (nSPS) is 24.4. The lowest BCUT2D eigenvalue weighted by molar-refractivity contribution is -0.137. The van der Waals surface area contributed by atoms with Gasteiger partial charge < -0.3 is 15.0 Å². The van der Waals surface area contributed by atoms with Gasteiger partial charge in [0, 0.05) is 24.4 Å². The van der Waals surface area contributed by atoms with Gasteiger partial charge in [-0.25, -0.2) is 0 Å². The predicted molar refractivity (Wildman–Crippen MR) is 75.0 cm³/mol. The van der Waals surface area contributed by atoms with Gasteiger partial charge in [-0.05, 0) is 26.0 Å². The number of amides is 1. The average molecular weight is 272 g/mol. The zero-order valence-electron chi connectivity index (χ0n) is 11.4. The SMILES string of the molecule is CSC1(CNC(C)C(=O)N2CCOCC2)CCC1. The van der Waals surface area contributed by atoms with E-state index in [2.05, 4.69) is 11.6 Å². The van der Waals surface area contributed by atoms with E-state index < -0.39 is 0 Å². The van der Waals surface area contributed by atoms with E-state index in [9.17, 15) is 4.79 Å². The Bertz CT molecular complexity index is 283. The van der Waals surface area contributed by atoms with Crippen molar-refractivity contribution >= 4 is 17.7 Å².